The smallest absolute Gasteiger partial charge is 0.261 e. The van der Waals surface area contributed by atoms with Crippen molar-refractivity contribution in [2.24, 2.45) is 4.99 Å². The molecule has 0 saturated heterocycles. The molecule has 1 aromatic carbocycles. The second-order valence-electron chi connectivity index (χ2n) is 6.29. The number of amidine groups is 1. The Kier molecular flexibility index (Phi) is 5.15. The van der Waals surface area contributed by atoms with Crippen LogP contribution in [0.25, 0.3) is 11.3 Å². The largest absolute Gasteiger partial charge is 0.359 e. The highest BCUT2D eigenvalue weighted by Crippen LogP contribution is 2.25. The Bertz CT molecular complexity index is 1060. The molecule has 144 valence electrons. The zero-order chi connectivity index (χ0) is 19.7. The number of aliphatic imine (C=N–C) groups is 1. The number of nitrogens with zero attached hydrogens (tertiary/aromatic N) is 3. The number of halogens is 2. The van der Waals surface area contributed by atoms with E-state index in [1.54, 1.807) is 24.3 Å². The van der Waals surface area contributed by atoms with Crippen molar-refractivity contribution in [3.63, 3.8) is 0 Å². The standard InChI is InChI=1S/C19H16ClFN4O2S/c1-25-7-6-22-18(25)11-2-3-13(14(21)8-11)15-9-12(27-24-15)10-23-19(26)16-4-5-17(20)28-16/h2-5,8-9H,6-7,10H2,1H3,(H,23,26). The van der Waals surface area contributed by atoms with E-state index < -0.39 is 5.82 Å². The highest BCUT2D eigenvalue weighted by Gasteiger charge is 2.18. The van der Waals surface area contributed by atoms with Gasteiger partial charge in [-0.2, -0.15) is 0 Å². The van der Waals surface area contributed by atoms with Gasteiger partial charge < -0.3 is 14.7 Å². The van der Waals surface area contributed by atoms with Gasteiger partial charge in [0.1, 0.15) is 17.3 Å². The van der Waals surface area contributed by atoms with Crippen LogP contribution in [0, 0.1) is 5.82 Å². The van der Waals surface area contributed by atoms with Crippen molar-refractivity contribution in [2.75, 3.05) is 20.1 Å². The van der Waals surface area contributed by atoms with Crippen molar-refractivity contribution in [1.29, 1.82) is 0 Å². The molecule has 1 amide bonds. The normalized spacial score (nSPS) is 13.7. The van der Waals surface area contributed by atoms with Crippen LogP contribution in [0.4, 0.5) is 4.39 Å². The molecule has 1 N–H and O–H groups in total. The number of carbonyl (C=O) groups excluding carboxylic acids is 1. The lowest BCUT2D eigenvalue weighted by molar-refractivity contribution is 0.0951. The van der Waals surface area contributed by atoms with E-state index in [1.807, 2.05) is 18.0 Å². The summed E-state index contributed by atoms with van der Waals surface area (Å²) in [5.41, 5.74) is 1.43. The number of hydrogen-bond donors (Lipinski definition) is 1. The quantitative estimate of drug-likeness (QED) is 0.683. The summed E-state index contributed by atoms with van der Waals surface area (Å²) < 4.78 is 20.4. The SMILES string of the molecule is CN1CCN=C1c1ccc(-c2cc(CNC(=O)c3ccc(Cl)s3)on2)c(F)c1. The van der Waals surface area contributed by atoms with Crippen LogP contribution in [-0.4, -0.2) is 41.9 Å². The highest BCUT2D eigenvalue weighted by molar-refractivity contribution is 7.17. The average Bonchev–Trinajstić information content (AvgIpc) is 3.41. The number of likely N-dealkylation sites (N-methyl/N-ethyl adjacent to an activating group) is 1. The Morgan fingerprint density at radius 1 is 1.36 bits per heavy atom. The molecule has 0 bridgehead atoms. The van der Waals surface area contributed by atoms with Gasteiger partial charge in [0.2, 0.25) is 0 Å². The van der Waals surface area contributed by atoms with Crippen LogP contribution in [0.5, 0.6) is 0 Å². The van der Waals surface area contributed by atoms with Crippen LogP contribution in [0.3, 0.4) is 0 Å². The summed E-state index contributed by atoms with van der Waals surface area (Å²) in [4.78, 5) is 18.9. The molecule has 0 atom stereocenters. The topological polar surface area (TPSA) is 70.7 Å². The van der Waals surface area contributed by atoms with Gasteiger partial charge in [0.15, 0.2) is 5.76 Å². The monoisotopic (exact) mass is 418 g/mol. The van der Waals surface area contributed by atoms with Crippen LogP contribution < -0.4 is 5.32 Å². The number of benzene rings is 1. The van der Waals surface area contributed by atoms with E-state index in [0.717, 1.165) is 17.9 Å². The Labute approximate surface area is 169 Å². The van der Waals surface area contributed by atoms with Gasteiger partial charge >= 0.3 is 0 Å². The lowest BCUT2D eigenvalue weighted by Gasteiger charge is -2.14. The van der Waals surface area contributed by atoms with Gasteiger partial charge in [0, 0.05) is 30.8 Å². The van der Waals surface area contributed by atoms with Crippen molar-refractivity contribution in [1.82, 2.24) is 15.4 Å². The molecule has 1 aliphatic heterocycles. The Balaban J connectivity index is 1.46. The van der Waals surface area contributed by atoms with Crippen LogP contribution in [0.1, 0.15) is 21.0 Å². The van der Waals surface area contributed by atoms with Crippen molar-refractivity contribution >= 4 is 34.7 Å². The maximum atomic E-state index is 14.6. The molecule has 4 rings (SSSR count). The molecule has 0 spiro atoms. The van der Waals surface area contributed by atoms with Gasteiger partial charge in [0.25, 0.3) is 5.91 Å². The summed E-state index contributed by atoms with van der Waals surface area (Å²) in [7, 11) is 1.93. The molecule has 0 saturated carbocycles. The molecule has 0 radical (unpaired) electrons. The Morgan fingerprint density at radius 3 is 2.89 bits per heavy atom. The summed E-state index contributed by atoms with van der Waals surface area (Å²) >= 11 is 7.02. The van der Waals surface area contributed by atoms with Crippen LogP contribution in [0.2, 0.25) is 4.34 Å². The van der Waals surface area contributed by atoms with Gasteiger partial charge in [-0.3, -0.25) is 9.79 Å². The van der Waals surface area contributed by atoms with Crippen LogP contribution >= 0.6 is 22.9 Å². The first-order valence-corrected chi connectivity index (χ1v) is 9.76. The van der Waals surface area contributed by atoms with Crippen molar-refractivity contribution in [3.8, 4) is 11.3 Å². The van der Waals surface area contributed by atoms with E-state index >= 15 is 0 Å². The van der Waals surface area contributed by atoms with E-state index in [0.29, 0.717) is 32.8 Å². The summed E-state index contributed by atoms with van der Waals surface area (Å²) in [5.74, 6) is 0.543. The molecular weight excluding hydrogens is 403 g/mol. The molecule has 0 aliphatic carbocycles. The third-order valence-corrected chi connectivity index (χ3v) is 5.57. The van der Waals surface area contributed by atoms with E-state index in [9.17, 15) is 9.18 Å². The first-order valence-electron chi connectivity index (χ1n) is 8.56. The lowest BCUT2D eigenvalue weighted by Crippen LogP contribution is -2.23. The highest BCUT2D eigenvalue weighted by atomic mass is 35.5. The summed E-state index contributed by atoms with van der Waals surface area (Å²) in [5, 5.41) is 6.64. The average molecular weight is 419 g/mol. The molecule has 0 fully saturated rings. The lowest BCUT2D eigenvalue weighted by atomic mass is 10.1. The minimum absolute atomic E-state index is 0.142. The van der Waals surface area contributed by atoms with Crippen molar-refractivity contribution in [3.05, 3.63) is 62.8 Å². The predicted octanol–water partition coefficient (Wildman–Crippen LogP) is 3.82. The van der Waals surface area contributed by atoms with Gasteiger partial charge in [-0.05, 0) is 24.3 Å². The van der Waals surface area contributed by atoms with E-state index in [2.05, 4.69) is 15.5 Å². The molecule has 6 nitrogen and oxygen atoms in total. The fourth-order valence-corrected chi connectivity index (χ4v) is 3.88. The number of aromatic nitrogens is 1. The fraction of sp³-hybridized carbons (Fsp3) is 0.211. The summed E-state index contributed by atoms with van der Waals surface area (Å²) in [6.45, 7) is 1.68. The first-order chi connectivity index (χ1) is 13.5. The van der Waals surface area contributed by atoms with E-state index in [4.69, 9.17) is 16.1 Å². The van der Waals surface area contributed by atoms with Crippen LogP contribution in [-0.2, 0) is 6.54 Å². The van der Waals surface area contributed by atoms with Gasteiger partial charge in [-0.1, -0.05) is 22.8 Å². The van der Waals surface area contributed by atoms with Gasteiger partial charge in [-0.25, -0.2) is 4.39 Å². The number of rotatable bonds is 5. The molecule has 9 heteroatoms. The number of amides is 1. The van der Waals surface area contributed by atoms with E-state index in [1.165, 1.54) is 17.4 Å². The minimum Gasteiger partial charge on any atom is -0.359 e. The first kappa shape index (κ1) is 18.6. The molecule has 2 aromatic heterocycles. The van der Waals surface area contributed by atoms with Crippen molar-refractivity contribution in [2.45, 2.75) is 6.54 Å². The molecule has 1 aliphatic rings. The summed E-state index contributed by atoms with van der Waals surface area (Å²) in [6.07, 6.45) is 0. The van der Waals surface area contributed by atoms with Crippen molar-refractivity contribution < 1.29 is 13.7 Å². The maximum Gasteiger partial charge on any atom is 0.261 e. The second kappa shape index (κ2) is 7.73. The number of carbonyl (C=O) groups is 1. The molecule has 3 aromatic rings. The fourth-order valence-electron chi connectivity index (χ4n) is 2.92. The maximum absolute atomic E-state index is 14.6. The molecule has 0 unspecified atom stereocenters. The third-order valence-electron chi connectivity index (χ3n) is 4.34. The zero-order valence-corrected chi connectivity index (χ0v) is 16.5. The van der Waals surface area contributed by atoms with Gasteiger partial charge in [-0.15, -0.1) is 11.3 Å². The number of nitrogens with one attached hydrogen (secondary N) is 1. The minimum atomic E-state index is -0.405. The Morgan fingerprint density at radius 2 is 2.21 bits per heavy atom. The van der Waals surface area contributed by atoms with Crippen LogP contribution in [0.15, 0.2) is 45.9 Å². The molecular formula is C19H16ClFN4O2S. The van der Waals surface area contributed by atoms with Gasteiger partial charge in [0.05, 0.1) is 22.3 Å². The zero-order valence-electron chi connectivity index (χ0n) is 14.9. The third kappa shape index (κ3) is 3.79. The van der Waals surface area contributed by atoms with E-state index in [-0.39, 0.29) is 12.5 Å². The molecule has 3 heterocycles. The predicted molar refractivity (Wildman–Crippen MR) is 106 cm³/mol. The second-order valence-corrected chi connectivity index (χ2v) is 8.00. The number of thiophene rings is 1. The number of hydrogen-bond acceptors (Lipinski definition) is 6. The Hall–Kier alpha value is -2.71. The molecule has 28 heavy (non-hydrogen) atoms. The summed E-state index contributed by atoms with van der Waals surface area (Å²) in [6, 6.07) is 9.85.